The molecule has 25 heavy (non-hydrogen) atoms. The van der Waals surface area contributed by atoms with E-state index in [0.717, 1.165) is 11.1 Å². The van der Waals surface area contributed by atoms with Crippen molar-refractivity contribution in [3.63, 3.8) is 0 Å². The van der Waals surface area contributed by atoms with Gasteiger partial charge in [-0.1, -0.05) is 60.7 Å². The van der Waals surface area contributed by atoms with Gasteiger partial charge in [-0.25, -0.2) is 5.43 Å². The number of ether oxygens (including phenoxy) is 1. The maximum absolute atomic E-state index is 12.0. The highest BCUT2D eigenvalue weighted by Gasteiger charge is 2.03. The number of nitrogens with one attached hydrogen (secondary N) is 1. The van der Waals surface area contributed by atoms with Crippen LogP contribution in [-0.4, -0.2) is 12.1 Å². The molecule has 0 atom stereocenters. The number of benzene rings is 3. The SMILES string of the molecule is O=C(NN=Cc1ccccc1OCc1ccccc1)c1ccccc1. The number of rotatable bonds is 6. The minimum atomic E-state index is -0.250. The van der Waals surface area contributed by atoms with Gasteiger partial charge in [-0.2, -0.15) is 5.10 Å². The molecule has 0 spiro atoms. The minimum absolute atomic E-state index is 0.250. The minimum Gasteiger partial charge on any atom is -0.488 e. The van der Waals surface area contributed by atoms with Gasteiger partial charge in [0.25, 0.3) is 5.91 Å². The zero-order chi connectivity index (χ0) is 17.3. The van der Waals surface area contributed by atoms with E-state index in [1.165, 1.54) is 0 Å². The van der Waals surface area contributed by atoms with E-state index in [1.54, 1.807) is 18.3 Å². The molecule has 3 rings (SSSR count). The first-order valence-electron chi connectivity index (χ1n) is 7.97. The molecule has 4 heteroatoms. The van der Waals surface area contributed by atoms with E-state index in [4.69, 9.17) is 4.74 Å². The fourth-order valence-corrected chi connectivity index (χ4v) is 2.27. The molecule has 0 aliphatic rings. The van der Waals surface area contributed by atoms with E-state index in [-0.39, 0.29) is 5.91 Å². The van der Waals surface area contributed by atoms with Gasteiger partial charge in [-0.3, -0.25) is 4.79 Å². The Labute approximate surface area is 146 Å². The molecule has 3 aromatic rings. The van der Waals surface area contributed by atoms with Crippen LogP contribution in [0.5, 0.6) is 5.75 Å². The number of carbonyl (C=O) groups excluding carboxylic acids is 1. The summed E-state index contributed by atoms with van der Waals surface area (Å²) in [5.41, 5.74) is 4.97. The van der Waals surface area contributed by atoms with Crippen molar-refractivity contribution in [2.75, 3.05) is 0 Å². The zero-order valence-corrected chi connectivity index (χ0v) is 13.6. The second kappa shape index (κ2) is 8.45. The van der Waals surface area contributed by atoms with E-state index in [2.05, 4.69) is 10.5 Å². The Morgan fingerprint density at radius 2 is 1.52 bits per heavy atom. The highest BCUT2D eigenvalue weighted by Crippen LogP contribution is 2.17. The van der Waals surface area contributed by atoms with Crippen molar-refractivity contribution >= 4 is 12.1 Å². The Morgan fingerprint density at radius 3 is 2.28 bits per heavy atom. The maximum Gasteiger partial charge on any atom is 0.271 e. The average molecular weight is 330 g/mol. The van der Waals surface area contributed by atoms with Crippen LogP contribution in [0.15, 0.2) is 90.0 Å². The molecule has 1 N–H and O–H groups in total. The van der Waals surface area contributed by atoms with E-state index in [9.17, 15) is 4.79 Å². The van der Waals surface area contributed by atoms with Gasteiger partial charge in [0.05, 0.1) is 6.21 Å². The number of hydrazone groups is 1. The third kappa shape index (κ3) is 4.78. The van der Waals surface area contributed by atoms with Crippen LogP contribution < -0.4 is 10.2 Å². The highest BCUT2D eigenvalue weighted by atomic mass is 16.5. The first-order chi connectivity index (χ1) is 12.3. The predicted molar refractivity (Wildman–Crippen MR) is 98.7 cm³/mol. The monoisotopic (exact) mass is 330 g/mol. The van der Waals surface area contributed by atoms with Crippen LogP contribution in [0.3, 0.4) is 0 Å². The molecule has 0 heterocycles. The summed E-state index contributed by atoms with van der Waals surface area (Å²) in [7, 11) is 0. The fourth-order valence-electron chi connectivity index (χ4n) is 2.27. The molecule has 0 aliphatic heterocycles. The van der Waals surface area contributed by atoms with Crippen LogP contribution in [-0.2, 0) is 6.61 Å². The van der Waals surface area contributed by atoms with Gasteiger partial charge in [0.1, 0.15) is 12.4 Å². The number of para-hydroxylation sites is 1. The van der Waals surface area contributed by atoms with Gasteiger partial charge in [-0.15, -0.1) is 0 Å². The zero-order valence-electron chi connectivity index (χ0n) is 13.6. The lowest BCUT2D eigenvalue weighted by molar-refractivity contribution is 0.0955. The lowest BCUT2D eigenvalue weighted by atomic mass is 10.2. The van der Waals surface area contributed by atoms with Crippen molar-refractivity contribution in [3.05, 3.63) is 102 Å². The van der Waals surface area contributed by atoms with Crippen LogP contribution in [0.4, 0.5) is 0 Å². The van der Waals surface area contributed by atoms with E-state index >= 15 is 0 Å². The molecule has 4 nitrogen and oxygen atoms in total. The van der Waals surface area contributed by atoms with Crippen LogP contribution in [0.1, 0.15) is 21.5 Å². The number of hydrogen-bond acceptors (Lipinski definition) is 3. The van der Waals surface area contributed by atoms with Crippen molar-refractivity contribution in [2.45, 2.75) is 6.61 Å². The van der Waals surface area contributed by atoms with Crippen LogP contribution >= 0.6 is 0 Å². The lowest BCUT2D eigenvalue weighted by Crippen LogP contribution is -2.17. The number of nitrogens with zero attached hydrogens (tertiary/aromatic N) is 1. The molecular formula is C21H18N2O2. The first kappa shape index (κ1) is 16.5. The molecule has 0 aliphatic carbocycles. The van der Waals surface area contributed by atoms with E-state index in [0.29, 0.717) is 17.9 Å². The summed E-state index contributed by atoms with van der Waals surface area (Å²) in [5, 5.41) is 4.03. The molecule has 0 unspecified atom stereocenters. The van der Waals surface area contributed by atoms with Crippen LogP contribution in [0.2, 0.25) is 0 Å². The summed E-state index contributed by atoms with van der Waals surface area (Å²) >= 11 is 0. The molecule has 124 valence electrons. The smallest absolute Gasteiger partial charge is 0.271 e. The summed E-state index contributed by atoms with van der Waals surface area (Å²) in [6, 6.07) is 26.5. The van der Waals surface area contributed by atoms with Crippen molar-refractivity contribution < 1.29 is 9.53 Å². The van der Waals surface area contributed by atoms with Crippen molar-refractivity contribution in [1.82, 2.24) is 5.43 Å². The summed E-state index contributed by atoms with van der Waals surface area (Å²) in [4.78, 5) is 12.0. The summed E-state index contributed by atoms with van der Waals surface area (Å²) in [6.45, 7) is 0.474. The summed E-state index contributed by atoms with van der Waals surface area (Å²) in [6.07, 6.45) is 1.58. The standard InChI is InChI=1S/C21H18N2O2/c24-21(18-11-5-2-6-12-18)23-22-15-19-13-7-8-14-20(19)25-16-17-9-3-1-4-10-17/h1-15H,16H2,(H,23,24). The fraction of sp³-hybridized carbons (Fsp3) is 0.0476. The average Bonchev–Trinajstić information content (AvgIpc) is 2.68. The molecular weight excluding hydrogens is 312 g/mol. The third-order valence-electron chi connectivity index (χ3n) is 3.56. The Bertz CT molecular complexity index is 846. The summed E-state index contributed by atoms with van der Waals surface area (Å²) in [5.74, 6) is 0.462. The normalized spacial score (nSPS) is 10.6. The first-order valence-corrected chi connectivity index (χ1v) is 7.97. The van der Waals surface area contributed by atoms with Crippen molar-refractivity contribution in [1.29, 1.82) is 0 Å². The van der Waals surface area contributed by atoms with Gasteiger partial charge in [0.2, 0.25) is 0 Å². The Morgan fingerprint density at radius 1 is 0.880 bits per heavy atom. The summed E-state index contributed by atoms with van der Waals surface area (Å²) < 4.78 is 5.86. The van der Waals surface area contributed by atoms with Gasteiger partial charge in [0, 0.05) is 11.1 Å². The van der Waals surface area contributed by atoms with Crippen LogP contribution in [0.25, 0.3) is 0 Å². The molecule has 1 amide bonds. The molecule has 0 radical (unpaired) electrons. The largest absolute Gasteiger partial charge is 0.488 e. The third-order valence-corrected chi connectivity index (χ3v) is 3.56. The van der Waals surface area contributed by atoms with Gasteiger partial charge < -0.3 is 4.74 Å². The van der Waals surface area contributed by atoms with Gasteiger partial charge in [-0.05, 0) is 29.8 Å². The second-order valence-electron chi connectivity index (χ2n) is 5.38. The lowest BCUT2D eigenvalue weighted by Gasteiger charge is -2.09. The van der Waals surface area contributed by atoms with E-state index in [1.807, 2.05) is 72.8 Å². The molecule has 0 bridgehead atoms. The number of carbonyl (C=O) groups is 1. The van der Waals surface area contributed by atoms with E-state index < -0.39 is 0 Å². The van der Waals surface area contributed by atoms with Crippen molar-refractivity contribution in [3.8, 4) is 5.75 Å². The Balaban J connectivity index is 1.63. The molecule has 0 saturated carbocycles. The highest BCUT2D eigenvalue weighted by molar-refractivity contribution is 5.95. The van der Waals surface area contributed by atoms with Gasteiger partial charge in [0.15, 0.2) is 0 Å². The quantitative estimate of drug-likeness (QED) is 0.548. The predicted octanol–water partition coefficient (Wildman–Crippen LogP) is 4.03. The van der Waals surface area contributed by atoms with Gasteiger partial charge >= 0.3 is 0 Å². The number of amides is 1. The Kier molecular flexibility index (Phi) is 5.56. The second-order valence-corrected chi connectivity index (χ2v) is 5.38. The van der Waals surface area contributed by atoms with Crippen molar-refractivity contribution in [2.24, 2.45) is 5.10 Å². The Hall–Kier alpha value is -3.40. The maximum atomic E-state index is 12.0. The molecule has 0 fully saturated rings. The van der Waals surface area contributed by atoms with Crippen LogP contribution in [0, 0.1) is 0 Å². The topological polar surface area (TPSA) is 50.7 Å². The molecule has 0 aromatic heterocycles. The molecule has 0 saturated heterocycles. The number of hydrogen-bond donors (Lipinski definition) is 1. The molecule has 3 aromatic carbocycles.